The molecule has 12 rings (SSSR count). The lowest BCUT2D eigenvalue weighted by Gasteiger charge is -2.24. The zero-order valence-corrected chi connectivity index (χ0v) is 45.0. The summed E-state index contributed by atoms with van der Waals surface area (Å²) in [6.45, 7) is 3.65. The molecule has 14 heteroatoms. The number of benzene rings is 8. The summed E-state index contributed by atoms with van der Waals surface area (Å²) in [5.74, 6) is 1.36. The molecular weight excluding hydrogens is 1030 g/mol. The molecule has 0 fully saturated rings. The Hall–Kier alpha value is -9.71. The van der Waals surface area contributed by atoms with Crippen molar-refractivity contribution < 1.29 is 9.47 Å². The van der Waals surface area contributed by atoms with Gasteiger partial charge in [-0.3, -0.25) is 9.97 Å². The maximum absolute atomic E-state index is 12.3. The predicted octanol–water partition coefficient (Wildman–Crippen LogP) is 10.5. The molecule has 0 atom stereocenters. The van der Waals surface area contributed by atoms with E-state index in [1.54, 1.807) is 36.7 Å². The second-order valence-electron chi connectivity index (χ2n) is 19.0. The summed E-state index contributed by atoms with van der Waals surface area (Å²) in [6.07, 6.45) is 3.29. The molecule has 10 nitrogen and oxygen atoms in total. The predicted molar refractivity (Wildman–Crippen MR) is 324 cm³/mol. The Morgan fingerprint density at radius 1 is 0.450 bits per heavy atom. The average Bonchev–Trinajstić information content (AvgIpc) is 4.18. The SMILES string of the molecule is CCOc1ccc(-c2c3/c(=C(\C#N)c4cnc5cc(Cl)ccc5n4)n(B(c4ccccc4)c4ccccc4)c(-c4ccc(OCC)cc4)c3/c(=C(\C#N)c3cnc4cc(Cl)ccc4n3)n2B(c2ccccc2)c2ccccc2)cc1. The van der Waals surface area contributed by atoms with E-state index >= 15 is 0 Å². The fraction of sp³-hybridized carbons (Fsp3) is 0.0606. The van der Waals surface area contributed by atoms with Crippen LogP contribution in [0.3, 0.4) is 0 Å². The van der Waals surface area contributed by atoms with Crippen molar-refractivity contribution in [2.75, 3.05) is 13.2 Å². The van der Waals surface area contributed by atoms with Crippen LogP contribution in [0.4, 0.5) is 0 Å². The summed E-state index contributed by atoms with van der Waals surface area (Å²) in [7, 11) is 0. The number of halogens is 2. The van der Waals surface area contributed by atoms with Gasteiger partial charge in [-0.1, -0.05) is 166 Å². The largest absolute Gasteiger partial charge is 0.494 e. The van der Waals surface area contributed by atoms with Crippen LogP contribution in [0.1, 0.15) is 25.2 Å². The van der Waals surface area contributed by atoms with E-state index in [1.807, 2.05) is 147 Å². The van der Waals surface area contributed by atoms with Gasteiger partial charge < -0.3 is 18.4 Å². The van der Waals surface area contributed by atoms with Gasteiger partial charge in [0.1, 0.15) is 46.2 Å². The number of hydrogen-bond acceptors (Lipinski definition) is 8. The fourth-order valence-corrected chi connectivity index (χ4v) is 11.3. The van der Waals surface area contributed by atoms with Crippen molar-refractivity contribution in [2.24, 2.45) is 0 Å². The third-order valence-electron chi connectivity index (χ3n) is 14.2. The summed E-state index contributed by atoms with van der Waals surface area (Å²) in [6, 6.07) is 73.3. The summed E-state index contributed by atoms with van der Waals surface area (Å²) in [5.41, 5.74) is 10.1. The second kappa shape index (κ2) is 22.3. The average molecular weight is 1080 g/mol. The van der Waals surface area contributed by atoms with Gasteiger partial charge in [0.25, 0.3) is 0 Å². The van der Waals surface area contributed by atoms with E-state index in [0.717, 1.165) is 33.0 Å². The Balaban J connectivity index is 1.43. The number of fused-ring (bicyclic) bond motifs is 3. The van der Waals surface area contributed by atoms with Gasteiger partial charge >= 0.3 is 13.7 Å². The lowest BCUT2D eigenvalue weighted by atomic mass is 9.50. The number of nitriles is 2. The minimum Gasteiger partial charge on any atom is -0.494 e. The van der Waals surface area contributed by atoms with Crippen LogP contribution in [0.2, 0.25) is 10.0 Å². The van der Waals surface area contributed by atoms with Crippen LogP contribution in [0.15, 0.2) is 219 Å². The topological polar surface area (TPSA) is 127 Å². The van der Waals surface area contributed by atoms with Gasteiger partial charge in [-0.05, 0) is 110 Å². The minimum absolute atomic E-state index is 0.237. The molecular formula is C66H46B2Cl2N8O2. The number of nitrogens with zero attached hydrogens (tertiary/aromatic N) is 8. The molecule has 0 spiro atoms. The van der Waals surface area contributed by atoms with Crippen molar-refractivity contribution in [1.29, 1.82) is 10.5 Å². The van der Waals surface area contributed by atoms with Crippen molar-refractivity contribution >= 4 is 103 Å². The van der Waals surface area contributed by atoms with Crippen molar-refractivity contribution in [2.45, 2.75) is 13.8 Å². The smallest absolute Gasteiger partial charge is 0.328 e. The van der Waals surface area contributed by atoms with E-state index in [4.69, 9.17) is 52.6 Å². The lowest BCUT2D eigenvalue weighted by Crippen LogP contribution is -2.54. The molecule has 12 aromatic rings. The van der Waals surface area contributed by atoms with Crippen molar-refractivity contribution in [3.05, 3.63) is 251 Å². The first-order valence-electron chi connectivity index (χ1n) is 26.2. The molecule has 4 heterocycles. The molecule has 4 aromatic heterocycles. The molecule has 0 saturated carbocycles. The van der Waals surface area contributed by atoms with Gasteiger partial charge in [0, 0.05) is 32.2 Å². The van der Waals surface area contributed by atoms with Gasteiger partial charge in [-0.25, -0.2) is 9.97 Å². The van der Waals surface area contributed by atoms with Gasteiger partial charge in [0.2, 0.25) is 0 Å². The highest BCUT2D eigenvalue weighted by Gasteiger charge is 2.37. The van der Waals surface area contributed by atoms with Gasteiger partial charge in [-0.15, -0.1) is 0 Å². The minimum atomic E-state index is -0.596. The van der Waals surface area contributed by atoms with Crippen LogP contribution in [0.25, 0.3) is 66.5 Å². The van der Waals surface area contributed by atoms with Crippen LogP contribution >= 0.6 is 23.2 Å². The number of aromatic nitrogens is 6. The van der Waals surface area contributed by atoms with E-state index in [-0.39, 0.29) is 11.1 Å². The molecule has 0 N–H and O–H groups in total. The van der Waals surface area contributed by atoms with Crippen LogP contribution < -0.4 is 42.0 Å². The molecule has 80 heavy (non-hydrogen) atoms. The second-order valence-corrected chi connectivity index (χ2v) is 19.9. The van der Waals surface area contributed by atoms with E-state index in [1.165, 1.54) is 0 Å². The van der Waals surface area contributed by atoms with E-state index < -0.39 is 13.7 Å². The first-order chi connectivity index (χ1) is 39.3. The molecule has 0 aliphatic heterocycles. The first kappa shape index (κ1) is 51.1. The summed E-state index contributed by atoms with van der Waals surface area (Å²) >= 11 is 13.1. The number of rotatable bonds is 14. The van der Waals surface area contributed by atoms with Crippen LogP contribution in [0, 0.1) is 22.7 Å². The molecule has 0 amide bonds. The monoisotopic (exact) mass is 1070 g/mol. The molecule has 0 radical (unpaired) electrons. The highest BCUT2D eigenvalue weighted by molar-refractivity contribution is 6.85. The normalized spacial score (nSPS) is 12.0. The quantitative estimate of drug-likeness (QED) is 0.0986. The Labute approximate surface area is 473 Å². The van der Waals surface area contributed by atoms with Gasteiger partial charge in [0.05, 0.1) is 58.4 Å². The number of hydrogen-bond donors (Lipinski definition) is 0. The van der Waals surface area contributed by atoms with Crippen LogP contribution in [0.5, 0.6) is 11.5 Å². The molecule has 0 bridgehead atoms. The zero-order chi connectivity index (χ0) is 54.7. The fourth-order valence-electron chi connectivity index (χ4n) is 10.9. The maximum Gasteiger partial charge on any atom is 0.328 e. The highest BCUT2D eigenvalue weighted by Crippen LogP contribution is 2.38. The first-order valence-corrected chi connectivity index (χ1v) is 27.0. The molecule has 0 saturated heterocycles. The zero-order valence-electron chi connectivity index (χ0n) is 43.5. The standard InChI is InChI=1S/C66H46B2Cl2N8O2/c1-3-79-51-31-25-43(26-32-51)63-61-62(66(54(40-72)60-42-74-58-38-50(70)30-36-56(58)76-60)77(63)67(45-17-9-5-10-18-45)46-19-11-6-12-20-46)64(44-27-33-52(34-28-44)80-4-2)78(68(47-21-13-7-14-22-47)48-23-15-8-16-24-48)65(61)53(39-71)59-41-73-57-37-49(69)29-35-55(57)75-59/h5-38,41-42H,3-4H2,1-2H3/b65-53-,66-54-. The van der Waals surface area contributed by atoms with Crippen molar-refractivity contribution in [3.8, 4) is 46.2 Å². The maximum atomic E-state index is 12.3. The molecule has 0 aliphatic rings. The number of ether oxygens (including phenoxy) is 2. The van der Waals surface area contributed by atoms with Gasteiger partial charge in [0.15, 0.2) is 0 Å². The van der Waals surface area contributed by atoms with E-state index in [9.17, 15) is 10.5 Å². The van der Waals surface area contributed by atoms with Crippen molar-refractivity contribution in [1.82, 2.24) is 28.9 Å². The summed E-state index contributed by atoms with van der Waals surface area (Å²) in [5, 5.41) is 28.0. The summed E-state index contributed by atoms with van der Waals surface area (Å²) in [4.78, 5) is 20.3. The summed E-state index contributed by atoms with van der Waals surface area (Å²) < 4.78 is 16.8. The third kappa shape index (κ3) is 9.51. The molecule has 0 unspecified atom stereocenters. The molecule has 382 valence electrons. The lowest BCUT2D eigenvalue weighted by molar-refractivity contribution is 0.340. The molecule has 8 aromatic carbocycles. The van der Waals surface area contributed by atoms with E-state index in [2.05, 4.69) is 69.6 Å². The molecule has 0 aliphatic carbocycles. The van der Waals surface area contributed by atoms with Crippen LogP contribution in [-0.4, -0.2) is 55.8 Å². The Bertz CT molecular complexity index is 4120. The van der Waals surface area contributed by atoms with Gasteiger partial charge in [-0.2, -0.15) is 10.5 Å². The highest BCUT2D eigenvalue weighted by atomic mass is 35.5. The Morgan fingerprint density at radius 3 is 1.10 bits per heavy atom. The Morgan fingerprint density at radius 2 is 0.787 bits per heavy atom. The van der Waals surface area contributed by atoms with Crippen LogP contribution in [-0.2, 0) is 0 Å². The Kier molecular flexibility index (Phi) is 14.3. The third-order valence-corrected chi connectivity index (χ3v) is 14.7. The van der Waals surface area contributed by atoms with E-state index in [0.29, 0.717) is 101 Å². The van der Waals surface area contributed by atoms with Crippen molar-refractivity contribution in [3.63, 3.8) is 0 Å².